The molecule has 0 saturated carbocycles. The van der Waals surface area contributed by atoms with E-state index in [-0.39, 0.29) is 0 Å². The van der Waals surface area contributed by atoms with Crippen molar-refractivity contribution < 1.29 is 14.3 Å². The Morgan fingerprint density at radius 3 is 2.67 bits per heavy atom. The predicted molar refractivity (Wildman–Crippen MR) is 103 cm³/mol. The molecule has 1 aliphatic rings. The van der Waals surface area contributed by atoms with Gasteiger partial charge >= 0.3 is 0 Å². The van der Waals surface area contributed by atoms with Crippen LogP contribution in [0.3, 0.4) is 0 Å². The van der Waals surface area contributed by atoms with Gasteiger partial charge in [0.2, 0.25) is 0 Å². The molecule has 5 rings (SSSR count). The molecule has 0 radical (unpaired) electrons. The zero-order chi connectivity index (χ0) is 18.2. The van der Waals surface area contributed by atoms with E-state index in [2.05, 4.69) is 29.2 Å². The van der Waals surface area contributed by atoms with Crippen molar-refractivity contribution in [3.05, 3.63) is 72.6 Å². The molecular weight excluding hydrogens is 340 g/mol. The van der Waals surface area contributed by atoms with Crippen LogP contribution >= 0.6 is 0 Å². The number of benzene rings is 2. The molecule has 0 spiro atoms. The molecule has 0 amide bonds. The summed E-state index contributed by atoms with van der Waals surface area (Å²) in [4.78, 5) is 15.3. The predicted octanol–water partition coefficient (Wildman–Crippen LogP) is 4.28. The molecule has 5 heteroatoms. The minimum atomic E-state index is 0.562. The second kappa shape index (κ2) is 6.29. The molecule has 2 aromatic carbocycles. The highest BCUT2D eigenvalue weighted by Crippen LogP contribution is 2.37. The Balaban J connectivity index is 1.62. The van der Waals surface area contributed by atoms with E-state index in [0.717, 1.165) is 45.6 Å². The average molecular weight is 356 g/mol. The van der Waals surface area contributed by atoms with Gasteiger partial charge in [-0.15, -0.1) is 0 Å². The summed E-state index contributed by atoms with van der Waals surface area (Å²) >= 11 is 0. The average Bonchev–Trinajstić information content (AvgIpc) is 3.18. The van der Waals surface area contributed by atoms with E-state index >= 15 is 0 Å². The SMILES string of the molecule is O=Cc1ccc(-n2ccc3c(-c4ccc5c(c4)OCCO5)cccc32)nc1. The van der Waals surface area contributed by atoms with Crippen LogP contribution in [0.1, 0.15) is 10.4 Å². The van der Waals surface area contributed by atoms with Gasteiger partial charge < -0.3 is 14.0 Å². The van der Waals surface area contributed by atoms with E-state index in [1.54, 1.807) is 12.3 Å². The van der Waals surface area contributed by atoms with Crippen LogP contribution in [0.15, 0.2) is 67.0 Å². The van der Waals surface area contributed by atoms with Gasteiger partial charge in [-0.25, -0.2) is 4.98 Å². The number of nitrogens with zero attached hydrogens (tertiary/aromatic N) is 2. The van der Waals surface area contributed by atoms with Gasteiger partial charge in [-0.2, -0.15) is 0 Å². The van der Waals surface area contributed by atoms with Crippen LogP contribution in [-0.4, -0.2) is 29.1 Å². The van der Waals surface area contributed by atoms with Crippen LogP contribution in [0, 0.1) is 0 Å². The Morgan fingerprint density at radius 2 is 1.85 bits per heavy atom. The van der Waals surface area contributed by atoms with Crippen molar-refractivity contribution in [1.82, 2.24) is 9.55 Å². The molecule has 4 aromatic rings. The van der Waals surface area contributed by atoms with Crippen molar-refractivity contribution in [2.45, 2.75) is 0 Å². The number of rotatable bonds is 3. The third-order valence-electron chi connectivity index (χ3n) is 4.74. The van der Waals surface area contributed by atoms with Crippen LogP contribution in [0.4, 0.5) is 0 Å². The fraction of sp³-hybridized carbons (Fsp3) is 0.0909. The van der Waals surface area contributed by atoms with Crippen molar-refractivity contribution >= 4 is 17.2 Å². The number of carbonyl (C=O) groups excluding carboxylic acids is 1. The Labute approximate surface area is 155 Å². The molecule has 132 valence electrons. The number of pyridine rings is 1. The minimum absolute atomic E-state index is 0.562. The zero-order valence-electron chi connectivity index (χ0n) is 14.5. The number of hydrogen-bond donors (Lipinski definition) is 0. The third kappa shape index (κ3) is 2.64. The molecule has 0 fully saturated rings. The van der Waals surface area contributed by atoms with Crippen molar-refractivity contribution in [3.8, 4) is 28.4 Å². The Hall–Kier alpha value is -3.60. The first-order chi connectivity index (χ1) is 13.3. The van der Waals surface area contributed by atoms with Crippen LogP contribution in [0.25, 0.3) is 27.8 Å². The number of aldehydes is 1. The molecule has 0 aliphatic carbocycles. The lowest BCUT2D eigenvalue weighted by Gasteiger charge is -2.19. The maximum absolute atomic E-state index is 10.9. The van der Waals surface area contributed by atoms with E-state index in [1.807, 2.05) is 35.0 Å². The number of fused-ring (bicyclic) bond motifs is 2. The maximum Gasteiger partial charge on any atom is 0.161 e. The monoisotopic (exact) mass is 356 g/mol. The second-order valence-electron chi connectivity index (χ2n) is 6.35. The van der Waals surface area contributed by atoms with E-state index in [9.17, 15) is 4.79 Å². The Bertz CT molecular complexity index is 1150. The highest BCUT2D eigenvalue weighted by molar-refractivity contribution is 5.96. The Morgan fingerprint density at radius 1 is 0.963 bits per heavy atom. The maximum atomic E-state index is 10.9. The lowest BCUT2D eigenvalue weighted by Crippen LogP contribution is -2.15. The lowest BCUT2D eigenvalue weighted by molar-refractivity contribution is 0.112. The molecule has 0 atom stereocenters. The van der Waals surface area contributed by atoms with E-state index < -0.39 is 0 Å². The lowest BCUT2D eigenvalue weighted by atomic mass is 10.0. The molecule has 27 heavy (non-hydrogen) atoms. The first-order valence-corrected chi connectivity index (χ1v) is 8.75. The zero-order valence-corrected chi connectivity index (χ0v) is 14.5. The van der Waals surface area contributed by atoms with Gasteiger partial charge in [0.05, 0.1) is 5.52 Å². The molecule has 5 nitrogen and oxygen atoms in total. The van der Waals surface area contributed by atoms with Gasteiger partial charge in [-0.05, 0) is 47.5 Å². The molecule has 1 aliphatic heterocycles. The van der Waals surface area contributed by atoms with Gasteiger partial charge in [-0.1, -0.05) is 18.2 Å². The number of hydrogen-bond acceptors (Lipinski definition) is 4. The molecule has 0 bridgehead atoms. The highest BCUT2D eigenvalue weighted by Gasteiger charge is 2.14. The van der Waals surface area contributed by atoms with Crippen molar-refractivity contribution in [1.29, 1.82) is 0 Å². The summed E-state index contributed by atoms with van der Waals surface area (Å²) in [5.41, 5.74) is 3.81. The number of ether oxygens (including phenoxy) is 2. The molecule has 3 heterocycles. The number of aromatic nitrogens is 2. The molecule has 0 N–H and O–H groups in total. The Kier molecular flexibility index (Phi) is 3.64. The fourth-order valence-electron chi connectivity index (χ4n) is 3.44. The van der Waals surface area contributed by atoms with E-state index in [0.29, 0.717) is 18.8 Å². The molecular formula is C22H16N2O3. The molecule has 2 aromatic heterocycles. The van der Waals surface area contributed by atoms with Crippen LogP contribution in [0.5, 0.6) is 11.5 Å². The summed E-state index contributed by atoms with van der Waals surface area (Å²) in [7, 11) is 0. The van der Waals surface area contributed by atoms with Gasteiger partial charge in [-0.3, -0.25) is 4.79 Å². The topological polar surface area (TPSA) is 53.4 Å². The summed E-state index contributed by atoms with van der Waals surface area (Å²) in [6, 6.07) is 17.9. The number of carbonyl (C=O) groups is 1. The fourth-order valence-corrected chi connectivity index (χ4v) is 3.44. The molecule has 0 saturated heterocycles. The van der Waals surface area contributed by atoms with Crippen molar-refractivity contribution in [3.63, 3.8) is 0 Å². The van der Waals surface area contributed by atoms with Crippen LogP contribution in [0.2, 0.25) is 0 Å². The van der Waals surface area contributed by atoms with Gasteiger partial charge in [0.15, 0.2) is 17.8 Å². The summed E-state index contributed by atoms with van der Waals surface area (Å²) in [5.74, 6) is 2.34. The summed E-state index contributed by atoms with van der Waals surface area (Å²) in [6.07, 6.45) is 4.37. The summed E-state index contributed by atoms with van der Waals surface area (Å²) in [5, 5.41) is 1.12. The smallest absolute Gasteiger partial charge is 0.161 e. The highest BCUT2D eigenvalue weighted by atomic mass is 16.6. The van der Waals surface area contributed by atoms with E-state index in [1.165, 1.54) is 0 Å². The first-order valence-electron chi connectivity index (χ1n) is 8.75. The largest absolute Gasteiger partial charge is 0.486 e. The van der Waals surface area contributed by atoms with E-state index in [4.69, 9.17) is 9.47 Å². The molecule has 0 unspecified atom stereocenters. The first kappa shape index (κ1) is 15.6. The quantitative estimate of drug-likeness (QED) is 0.514. The second-order valence-corrected chi connectivity index (χ2v) is 6.35. The van der Waals surface area contributed by atoms with Crippen LogP contribution < -0.4 is 9.47 Å². The van der Waals surface area contributed by atoms with Crippen molar-refractivity contribution in [2.24, 2.45) is 0 Å². The third-order valence-corrected chi connectivity index (χ3v) is 4.74. The van der Waals surface area contributed by atoms with Crippen molar-refractivity contribution in [2.75, 3.05) is 13.2 Å². The van der Waals surface area contributed by atoms with Gasteiger partial charge in [0.1, 0.15) is 19.0 Å². The van der Waals surface area contributed by atoms with Gasteiger partial charge in [0, 0.05) is 23.3 Å². The normalized spacial score (nSPS) is 12.9. The van der Waals surface area contributed by atoms with Gasteiger partial charge in [0.25, 0.3) is 0 Å². The van der Waals surface area contributed by atoms with Crippen LogP contribution in [-0.2, 0) is 0 Å². The summed E-state index contributed by atoms with van der Waals surface area (Å²) < 4.78 is 13.4. The minimum Gasteiger partial charge on any atom is -0.486 e. The summed E-state index contributed by atoms with van der Waals surface area (Å²) in [6.45, 7) is 1.15. The standard InChI is InChI=1S/C22H16N2O3/c25-14-15-4-7-22(23-13-15)24-9-8-18-17(2-1-3-19(18)24)16-5-6-20-21(12-16)27-11-10-26-20/h1-9,12-14H,10-11H2.